The minimum absolute atomic E-state index is 0. The zero-order valence-electron chi connectivity index (χ0n) is 1.79. The minimum Gasteiger partial charge on any atom is -0.0776 e. The highest BCUT2D eigenvalue weighted by atomic mass is 14.6. The summed E-state index contributed by atoms with van der Waals surface area (Å²) in [4.78, 5) is 0. The zero-order valence-corrected chi connectivity index (χ0v) is 1.79. The van der Waals surface area contributed by atoms with E-state index in [1.165, 1.54) is 0 Å². The maximum absolute atomic E-state index is 6.00. The Balaban J connectivity index is -0.000000000404. The first kappa shape index (κ1) is 1970. The SMILES string of the molecule is C.C.C.C.C.C.C.C.C.N#N.N#N. The van der Waals surface area contributed by atoms with Gasteiger partial charge in [0.25, 0.3) is 0 Å². The molecule has 0 bridgehead atoms. The Morgan fingerprint density at radius 3 is 0.231 bits per heavy atom. The molecule has 0 amide bonds. The molecule has 0 fully saturated rings. The number of nitrogens with zero attached hydrogens (tertiary/aromatic N) is 4. The van der Waals surface area contributed by atoms with Crippen molar-refractivity contribution < 1.29 is 0 Å². The van der Waals surface area contributed by atoms with Crippen LogP contribution in [0.3, 0.4) is 0 Å². The number of hydrogen-bond acceptors (Lipinski definition) is 4. The van der Waals surface area contributed by atoms with Gasteiger partial charge in [-0.2, -0.15) is 0 Å². The molecule has 0 saturated carbocycles. The van der Waals surface area contributed by atoms with Gasteiger partial charge in [-0.3, -0.25) is 0 Å². The van der Waals surface area contributed by atoms with Gasteiger partial charge < -0.3 is 0 Å². The lowest BCUT2D eigenvalue weighted by molar-refractivity contribution is 1.15. The van der Waals surface area contributed by atoms with Crippen molar-refractivity contribution >= 4 is 0 Å². The van der Waals surface area contributed by atoms with Crippen LogP contribution in [0.1, 0.15) is 66.8 Å². The fourth-order valence-corrected chi connectivity index (χ4v) is 0. The molecule has 92 valence electrons. The molecule has 0 atom stereocenters. The summed E-state index contributed by atoms with van der Waals surface area (Å²) in [6.45, 7) is 0. The van der Waals surface area contributed by atoms with Gasteiger partial charge in [-0.15, -0.1) is 0 Å². The van der Waals surface area contributed by atoms with E-state index in [1.54, 1.807) is 0 Å². The molecular formula is C9H36N4. The topological polar surface area (TPSA) is 95.2 Å². The normalized spacial score (nSPS) is 0.308. The third-order valence-corrected chi connectivity index (χ3v) is 0. The smallest absolute Gasteiger partial charge is 0 e. The molecule has 0 spiro atoms. The lowest BCUT2D eigenvalue weighted by Gasteiger charge is -0.577. The second-order valence-electron chi connectivity index (χ2n) is 0. The quantitative estimate of drug-likeness (QED) is 0.462. The van der Waals surface area contributed by atoms with Crippen LogP contribution in [-0.2, 0) is 0 Å². The van der Waals surface area contributed by atoms with Crippen LogP contribution in [0.4, 0.5) is 0 Å². The second kappa shape index (κ2) is 780. The van der Waals surface area contributed by atoms with Crippen molar-refractivity contribution in [2.24, 2.45) is 0 Å². The van der Waals surface area contributed by atoms with E-state index in [2.05, 4.69) is 0 Å². The summed E-state index contributed by atoms with van der Waals surface area (Å²) >= 11 is 0. The van der Waals surface area contributed by atoms with Crippen molar-refractivity contribution in [2.45, 2.75) is 66.8 Å². The van der Waals surface area contributed by atoms with Gasteiger partial charge >= 0.3 is 0 Å². The maximum Gasteiger partial charge on any atom is 0 e. The first-order valence-electron chi connectivity index (χ1n) is 0.400. The summed E-state index contributed by atoms with van der Waals surface area (Å²) in [6.07, 6.45) is 0. The van der Waals surface area contributed by atoms with Gasteiger partial charge in [0.1, 0.15) is 0 Å². The monoisotopic (exact) mass is 200 g/mol. The fourth-order valence-electron chi connectivity index (χ4n) is 0. The van der Waals surface area contributed by atoms with Crippen LogP contribution in [0.5, 0.6) is 0 Å². The molecule has 4 nitrogen and oxygen atoms in total. The molecule has 0 aromatic heterocycles. The van der Waals surface area contributed by atoms with Crippen molar-refractivity contribution in [2.75, 3.05) is 0 Å². The fraction of sp³-hybridized carbons (Fsp3) is 1.00. The summed E-state index contributed by atoms with van der Waals surface area (Å²) in [5, 5.41) is 24.0. The predicted octanol–water partition coefficient (Wildman–Crippen LogP) is 5.79. The van der Waals surface area contributed by atoms with E-state index < -0.39 is 0 Å². The van der Waals surface area contributed by atoms with Crippen LogP contribution in [0.2, 0.25) is 0 Å². The molecule has 0 saturated heterocycles. The van der Waals surface area contributed by atoms with Crippen LogP contribution in [0.15, 0.2) is 0 Å². The van der Waals surface area contributed by atoms with Crippen molar-refractivity contribution in [3.63, 3.8) is 0 Å². The first-order valence-corrected chi connectivity index (χ1v) is 0.400. The Kier molecular flexibility index (Phi) is 118000. The Labute approximate surface area is 89.2 Å². The van der Waals surface area contributed by atoms with E-state index in [-0.39, 0.29) is 66.8 Å². The van der Waals surface area contributed by atoms with Gasteiger partial charge in [0.2, 0.25) is 0 Å². The van der Waals surface area contributed by atoms with Gasteiger partial charge in [-0.05, 0) is 0 Å². The maximum atomic E-state index is 6.00. The van der Waals surface area contributed by atoms with Crippen LogP contribution in [0, 0.1) is 21.6 Å². The Morgan fingerprint density at radius 2 is 0.231 bits per heavy atom. The number of hydrogen-bond donors (Lipinski definition) is 0. The molecule has 13 heavy (non-hydrogen) atoms. The van der Waals surface area contributed by atoms with Crippen LogP contribution in [-0.4, -0.2) is 0 Å². The molecule has 0 rings (SSSR count). The molecule has 0 aromatic rings. The average molecular weight is 200 g/mol. The summed E-state index contributed by atoms with van der Waals surface area (Å²) in [7, 11) is 0. The summed E-state index contributed by atoms with van der Waals surface area (Å²) < 4.78 is 0. The van der Waals surface area contributed by atoms with Crippen molar-refractivity contribution in [3.8, 4) is 0 Å². The van der Waals surface area contributed by atoms with Gasteiger partial charge in [0.15, 0.2) is 0 Å². The highest BCUT2D eigenvalue weighted by molar-refractivity contribution is 2.51. The Bertz CT molecular complexity index is 27.1. The summed E-state index contributed by atoms with van der Waals surface area (Å²) in [6, 6.07) is 0. The molecule has 0 aliphatic rings. The molecular weight excluding hydrogens is 164 g/mol. The first-order chi connectivity index (χ1) is 2.00. The van der Waals surface area contributed by atoms with Gasteiger partial charge in [-0.1, -0.05) is 66.8 Å². The van der Waals surface area contributed by atoms with Crippen LogP contribution in [0.25, 0.3) is 0 Å². The molecule has 0 aromatic carbocycles. The third kappa shape index (κ3) is 630. The largest absolute Gasteiger partial charge is 0.0776 e. The molecule has 0 aliphatic carbocycles. The van der Waals surface area contributed by atoms with Crippen molar-refractivity contribution in [1.29, 1.82) is 21.6 Å². The standard InChI is InChI=1S/9CH4.2N2/c;;;;;;;;;2*1-2/h9*1H4;;. The lowest BCUT2D eigenvalue weighted by atomic mass is 12.0. The zero-order chi connectivity index (χ0) is 4.00. The van der Waals surface area contributed by atoms with E-state index in [9.17, 15) is 0 Å². The van der Waals surface area contributed by atoms with Crippen molar-refractivity contribution in [1.82, 2.24) is 0 Å². The lowest BCUT2D eigenvalue weighted by Crippen LogP contribution is -0.562. The van der Waals surface area contributed by atoms with E-state index in [1.807, 2.05) is 0 Å². The molecule has 0 heterocycles. The number of rotatable bonds is 0. The van der Waals surface area contributed by atoms with Gasteiger partial charge in [-0.25, -0.2) is 0 Å². The van der Waals surface area contributed by atoms with E-state index >= 15 is 0 Å². The highest BCUT2D eigenvalue weighted by Gasteiger charge is 0.579. The highest BCUT2D eigenvalue weighted by Crippen LogP contribution is 0.595. The Morgan fingerprint density at radius 1 is 0.231 bits per heavy atom. The van der Waals surface area contributed by atoms with E-state index in [0.717, 1.165) is 0 Å². The molecule has 0 aliphatic heterocycles. The molecule has 0 unspecified atom stereocenters. The van der Waals surface area contributed by atoms with Gasteiger partial charge in [0, 0.05) is 21.6 Å². The minimum atomic E-state index is 0. The van der Waals surface area contributed by atoms with E-state index in [4.69, 9.17) is 21.6 Å². The second-order valence-corrected chi connectivity index (χ2v) is 0. The van der Waals surface area contributed by atoms with E-state index in [0.29, 0.717) is 0 Å². The van der Waals surface area contributed by atoms with Crippen LogP contribution < -0.4 is 0 Å². The van der Waals surface area contributed by atoms with Crippen molar-refractivity contribution in [3.05, 3.63) is 0 Å². The predicted molar refractivity (Wildman–Crippen MR) is 67.5 cm³/mol. The van der Waals surface area contributed by atoms with Crippen LogP contribution >= 0.6 is 0 Å². The molecule has 0 radical (unpaired) electrons. The summed E-state index contributed by atoms with van der Waals surface area (Å²) in [5.74, 6) is 0. The Hall–Kier alpha value is -1.16. The molecule has 0 N–H and O–H groups in total. The molecule has 4 heteroatoms. The average Bonchev–Trinajstić information content (AvgIpc) is 1.50. The summed E-state index contributed by atoms with van der Waals surface area (Å²) in [5.41, 5.74) is 0. The third-order valence-electron chi connectivity index (χ3n) is 0. The van der Waals surface area contributed by atoms with Gasteiger partial charge in [0.05, 0.1) is 0 Å².